The zero-order valence-corrected chi connectivity index (χ0v) is 12.0. The Labute approximate surface area is 115 Å². The van der Waals surface area contributed by atoms with Gasteiger partial charge in [-0.2, -0.15) is 0 Å². The molecule has 0 saturated heterocycles. The zero-order valence-electron chi connectivity index (χ0n) is 9.60. The van der Waals surface area contributed by atoms with E-state index in [2.05, 4.69) is 4.72 Å². The van der Waals surface area contributed by atoms with Gasteiger partial charge in [-0.1, -0.05) is 23.8 Å². The Morgan fingerprint density at radius 2 is 2.28 bits per heavy atom. The van der Waals surface area contributed by atoms with E-state index in [4.69, 9.17) is 11.6 Å². The molecular weight excluding hydrogens is 294 g/mol. The van der Waals surface area contributed by atoms with E-state index in [0.29, 0.717) is 10.8 Å². The van der Waals surface area contributed by atoms with Crippen LogP contribution >= 0.6 is 22.9 Å². The molecule has 2 rings (SSSR count). The van der Waals surface area contributed by atoms with Crippen LogP contribution in [-0.2, 0) is 10.0 Å². The Bertz CT molecular complexity index is 552. The van der Waals surface area contributed by atoms with E-state index < -0.39 is 15.6 Å². The van der Waals surface area contributed by atoms with E-state index in [1.165, 1.54) is 12.1 Å². The molecule has 0 saturated carbocycles. The van der Waals surface area contributed by atoms with Crippen LogP contribution in [0.25, 0.3) is 0 Å². The first-order chi connectivity index (χ1) is 8.41. The number of halogens is 1. The summed E-state index contributed by atoms with van der Waals surface area (Å²) in [7, 11) is -3.59. The summed E-state index contributed by atoms with van der Waals surface area (Å²) in [6, 6.07) is 2.99. The molecule has 0 radical (unpaired) electrons. The number of allylic oxidation sites excluding steroid dienone is 1. The van der Waals surface area contributed by atoms with Crippen LogP contribution in [0.15, 0.2) is 28.5 Å². The van der Waals surface area contributed by atoms with Crippen molar-refractivity contribution in [3.05, 3.63) is 28.6 Å². The van der Waals surface area contributed by atoms with Gasteiger partial charge in [0.05, 0.1) is 9.94 Å². The van der Waals surface area contributed by atoms with E-state index in [9.17, 15) is 13.5 Å². The summed E-state index contributed by atoms with van der Waals surface area (Å²) >= 11 is 6.70. The molecule has 2 N–H and O–H groups in total. The molecule has 1 unspecified atom stereocenters. The molecule has 1 heterocycles. The first-order valence-corrected chi connectivity index (χ1v) is 8.24. The molecule has 1 aliphatic rings. The highest BCUT2D eigenvalue weighted by Gasteiger charge is 2.28. The van der Waals surface area contributed by atoms with Gasteiger partial charge >= 0.3 is 0 Å². The summed E-state index contributed by atoms with van der Waals surface area (Å²) in [5.74, 6) is 0. The van der Waals surface area contributed by atoms with Crippen LogP contribution in [0.3, 0.4) is 0 Å². The average molecular weight is 308 g/mol. The van der Waals surface area contributed by atoms with E-state index in [0.717, 1.165) is 24.2 Å². The van der Waals surface area contributed by atoms with Gasteiger partial charge in [-0.15, -0.1) is 11.3 Å². The highest BCUT2D eigenvalue weighted by atomic mass is 35.5. The van der Waals surface area contributed by atoms with Gasteiger partial charge in [0.1, 0.15) is 4.21 Å². The lowest BCUT2D eigenvalue weighted by molar-refractivity contribution is 0.0797. The van der Waals surface area contributed by atoms with Crippen molar-refractivity contribution < 1.29 is 13.5 Å². The molecule has 0 fully saturated rings. The Kier molecular flexibility index (Phi) is 4.13. The number of aliphatic hydroxyl groups is 1. The predicted molar refractivity (Wildman–Crippen MR) is 72.5 cm³/mol. The summed E-state index contributed by atoms with van der Waals surface area (Å²) < 4.78 is 26.9. The molecule has 0 spiro atoms. The topological polar surface area (TPSA) is 66.4 Å². The molecule has 7 heteroatoms. The molecule has 18 heavy (non-hydrogen) atoms. The number of hydrogen-bond donors (Lipinski definition) is 2. The van der Waals surface area contributed by atoms with E-state index in [1.54, 1.807) is 6.08 Å². The van der Waals surface area contributed by atoms with E-state index >= 15 is 0 Å². The van der Waals surface area contributed by atoms with Gasteiger partial charge in [0.25, 0.3) is 0 Å². The lowest BCUT2D eigenvalue weighted by atomic mass is 9.91. The van der Waals surface area contributed by atoms with Crippen molar-refractivity contribution in [1.82, 2.24) is 4.72 Å². The predicted octanol–water partition coefficient (Wildman–Crippen LogP) is 2.15. The first kappa shape index (κ1) is 14.0. The Morgan fingerprint density at radius 3 is 2.83 bits per heavy atom. The fraction of sp³-hybridized carbons (Fsp3) is 0.455. The van der Waals surface area contributed by atoms with Crippen molar-refractivity contribution in [3.63, 3.8) is 0 Å². The van der Waals surface area contributed by atoms with Crippen molar-refractivity contribution in [2.24, 2.45) is 0 Å². The minimum Gasteiger partial charge on any atom is -0.384 e. The number of thiophene rings is 1. The molecule has 0 aromatic carbocycles. The van der Waals surface area contributed by atoms with Gasteiger partial charge in [-0.3, -0.25) is 0 Å². The highest BCUT2D eigenvalue weighted by molar-refractivity contribution is 7.91. The number of sulfonamides is 1. The van der Waals surface area contributed by atoms with Gasteiger partial charge < -0.3 is 5.11 Å². The molecule has 0 bridgehead atoms. The minimum atomic E-state index is -3.59. The zero-order chi connectivity index (χ0) is 13.2. The van der Waals surface area contributed by atoms with Crippen molar-refractivity contribution >= 4 is 33.0 Å². The first-order valence-electron chi connectivity index (χ1n) is 5.56. The smallest absolute Gasteiger partial charge is 0.250 e. The molecule has 1 aromatic rings. The summed E-state index contributed by atoms with van der Waals surface area (Å²) in [4.78, 5) is 0. The third-order valence-corrected chi connectivity index (χ3v) is 5.91. The third kappa shape index (κ3) is 3.33. The second kappa shape index (κ2) is 5.30. The molecular formula is C11H14ClNO3S2. The minimum absolute atomic E-state index is 0.0125. The molecule has 0 aliphatic heterocycles. The Morgan fingerprint density at radius 1 is 1.50 bits per heavy atom. The van der Waals surface area contributed by atoms with Crippen LogP contribution < -0.4 is 4.72 Å². The summed E-state index contributed by atoms with van der Waals surface area (Å²) in [6.07, 6.45) is 5.90. The highest BCUT2D eigenvalue weighted by Crippen LogP contribution is 2.26. The van der Waals surface area contributed by atoms with Crippen LogP contribution in [0, 0.1) is 0 Å². The number of hydrogen-bond acceptors (Lipinski definition) is 4. The van der Waals surface area contributed by atoms with Crippen LogP contribution in [0.5, 0.6) is 0 Å². The van der Waals surface area contributed by atoms with Gasteiger partial charge in [-0.05, 0) is 31.4 Å². The molecule has 0 amide bonds. The Hall–Kier alpha value is -0.400. The van der Waals surface area contributed by atoms with Gasteiger partial charge in [0, 0.05) is 6.54 Å². The average Bonchev–Trinajstić information content (AvgIpc) is 2.76. The summed E-state index contributed by atoms with van der Waals surface area (Å²) in [5.41, 5.74) is -1.08. The van der Waals surface area contributed by atoms with Gasteiger partial charge in [-0.25, -0.2) is 13.1 Å². The second-order valence-electron chi connectivity index (χ2n) is 4.28. The summed E-state index contributed by atoms with van der Waals surface area (Å²) in [6.45, 7) is -0.0125. The molecule has 4 nitrogen and oxygen atoms in total. The quantitative estimate of drug-likeness (QED) is 0.838. The van der Waals surface area contributed by atoms with E-state index in [1.807, 2.05) is 6.08 Å². The SMILES string of the molecule is O=S(=O)(NCC1(O)C=CCCC1)c1ccc(Cl)s1. The summed E-state index contributed by atoms with van der Waals surface area (Å²) in [5, 5.41) is 10.2. The van der Waals surface area contributed by atoms with Crippen molar-refractivity contribution in [1.29, 1.82) is 0 Å². The van der Waals surface area contributed by atoms with Gasteiger partial charge in [0.2, 0.25) is 10.0 Å². The molecule has 1 atom stereocenters. The second-order valence-corrected chi connectivity index (χ2v) is 7.99. The monoisotopic (exact) mass is 307 g/mol. The molecule has 1 aliphatic carbocycles. The number of nitrogens with one attached hydrogen (secondary N) is 1. The van der Waals surface area contributed by atoms with Crippen LogP contribution in [-0.4, -0.2) is 25.7 Å². The number of rotatable bonds is 4. The largest absolute Gasteiger partial charge is 0.384 e. The van der Waals surface area contributed by atoms with E-state index in [-0.39, 0.29) is 10.8 Å². The van der Waals surface area contributed by atoms with Crippen LogP contribution in [0.2, 0.25) is 4.34 Å². The van der Waals surface area contributed by atoms with Crippen LogP contribution in [0.4, 0.5) is 0 Å². The standard InChI is InChI=1S/C11H14ClNO3S2/c12-9-4-5-10(17-9)18(15,16)13-8-11(14)6-2-1-3-7-11/h2,4-6,13-14H,1,3,7-8H2. The maximum absolute atomic E-state index is 11.9. The fourth-order valence-electron chi connectivity index (χ4n) is 1.79. The molecule has 100 valence electrons. The maximum atomic E-state index is 11.9. The maximum Gasteiger partial charge on any atom is 0.250 e. The van der Waals surface area contributed by atoms with Gasteiger partial charge in [0.15, 0.2) is 0 Å². The van der Waals surface area contributed by atoms with Crippen molar-refractivity contribution in [2.45, 2.75) is 29.1 Å². The van der Waals surface area contributed by atoms with Crippen molar-refractivity contribution in [3.8, 4) is 0 Å². The normalized spacial score (nSPS) is 24.3. The van der Waals surface area contributed by atoms with Crippen LogP contribution in [0.1, 0.15) is 19.3 Å². The lowest BCUT2D eigenvalue weighted by Crippen LogP contribution is -2.42. The Balaban J connectivity index is 2.05. The lowest BCUT2D eigenvalue weighted by Gasteiger charge is -2.27. The fourth-order valence-corrected chi connectivity index (χ4v) is 4.42. The van der Waals surface area contributed by atoms with Crippen molar-refractivity contribution in [2.75, 3.05) is 6.54 Å². The molecule has 1 aromatic heterocycles. The third-order valence-electron chi connectivity index (χ3n) is 2.79.